The molecule has 3 aromatic rings. The van der Waals surface area contributed by atoms with Gasteiger partial charge in [-0.25, -0.2) is 9.18 Å². The number of benzene rings is 2. The van der Waals surface area contributed by atoms with E-state index >= 15 is 0 Å². The summed E-state index contributed by atoms with van der Waals surface area (Å²) < 4.78 is 19.2. The number of carbonyl (C=O) groups is 2. The average Bonchev–Trinajstić information content (AvgIpc) is 3.11. The molecule has 2 N–H and O–H groups in total. The molecular formula is C24H22FNO4S. The highest BCUT2D eigenvalue weighted by Crippen LogP contribution is 2.34. The molecule has 1 amide bonds. The van der Waals surface area contributed by atoms with Crippen molar-refractivity contribution >= 4 is 23.2 Å². The summed E-state index contributed by atoms with van der Waals surface area (Å²) >= 11 is 1.55. The van der Waals surface area contributed by atoms with Gasteiger partial charge in [0, 0.05) is 16.2 Å². The predicted octanol–water partition coefficient (Wildman–Crippen LogP) is 4.74. The Morgan fingerprint density at radius 1 is 1.23 bits per heavy atom. The molecule has 0 aliphatic carbocycles. The van der Waals surface area contributed by atoms with Crippen LogP contribution in [0.4, 0.5) is 4.39 Å². The molecule has 0 bridgehead atoms. The summed E-state index contributed by atoms with van der Waals surface area (Å²) in [4.78, 5) is 26.3. The highest BCUT2D eigenvalue weighted by Gasteiger charge is 2.26. The highest BCUT2D eigenvalue weighted by atomic mass is 32.1. The summed E-state index contributed by atoms with van der Waals surface area (Å²) in [7, 11) is 0. The Morgan fingerprint density at radius 2 is 2.00 bits per heavy atom. The van der Waals surface area contributed by atoms with Crippen LogP contribution in [0.2, 0.25) is 0 Å². The number of fused-ring (bicyclic) bond motifs is 1. The normalized spacial score (nSPS) is 14.0. The van der Waals surface area contributed by atoms with E-state index in [9.17, 15) is 14.0 Å². The van der Waals surface area contributed by atoms with Crippen molar-refractivity contribution in [3.63, 3.8) is 0 Å². The van der Waals surface area contributed by atoms with E-state index in [0.717, 1.165) is 26.4 Å². The number of ether oxygens (including phenoxy) is 1. The SMILES string of the molecule is C[C@H](NC(=O)c1c(Cc2cccc(F)c2)sc2c1CCOC2)c1ccc(C(=O)O)cc1. The smallest absolute Gasteiger partial charge is 0.335 e. The first-order valence-electron chi connectivity index (χ1n) is 10.0. The molecule has 0 unspecified atom stereocenters. The summed E-state index contributed by atoms with van der Waals surface area (Å²) in [5.41, 5.74) is 3.49. The molecule has 5 nitrogen and oxygen atoms in total. The summed E-state index contributed by atoms with van der Waals surface area (Å²) in [6, 6.07) is 12.6. The number of carboxylic acid groups (broad SMARTS) is 1. The van der Waals surface area contributed by atoms with Crippen LogP contribution in [0.5, 0.6) is 0 Å². The fourth-order valence-corrected chi connectivity index (χ4v) is 5.10. The van der Waals surface area contributed by atoms with Crippen LogP contribution < -0.4 is 5.32 Å². The third-order valence-corrected chi connectivity index (χ3v) is 6.58. The Labute approximate surface area is 183 Å². The van der Waals surface area contributed by atoms with Crippen molar-refractivity contribution in [1.82, 2.24) is 5.32 Å². The lowest BCUT2D eigenvalue weighted by molar-refractivity contribution is 0.0696. The van der Waals surface area contributed by atoms with Gasteiger partial charge in [0.2, 0.25) is 0 Å². The van der Waals surface area contributed by atoms with Gasteiger partial charge in [0.1, 0.15) is 5.82 Å². The van der Waals surface area contributed by atoms with E-state index in [2.05, 4.69) is 5.32 Å². The Kier molecular flexibility index (Phi) is 6.15. The van der Waals surface area contributed by atoms with Crippen LogP contribution in [0.25, 0.3) is 0 Å². The van der Waals surface area contributed by atoms with Crippen molar-refractivity contribution in [3.8, 4) is 0 Å². The zero-order chi connectivity index (χ0) is 22.0. The van der Waals surface area contributed by atoms with Crippen LogP contribution in [0.15, 0.2) is 48.5 Å². The number of amides is 1. The Hall–Kier alpha value is -3.03. The molecule has 4 rings (SSSR count). The minimum Gasteiger partial charge on any atom is -0.478 e. The molecule has 160 valence electrons. The second-order valence-electron chi connectivity index (χ2n) is 7.53. The van der Waals surface area contributed by atoms with Crippen LogP contribution in [-0.4, -0.2) is 23.6 Å². The topological polar surface area (TPSA) is 75.6 Å². The molecular weight excluding hydrogens is 417 g/mol. The van der Waals surface area contributed by atoms with Gasteiger partial charge in [-0.2, -0.15) is 0 Å². The molecule has 0 radical (unpaired) electrons. The number of thiophene rings is 1. The molecule has 0 fully saturated rings. The van der Waals surface area contributed by atoms with Crippen LogP contribution in [-0.2, 0) is 24.2 Å². The highest BCUT2D eigenvalue weighted by molar-refractivity contribution is 7.12. The van der Waals surface area contributed by atoms with E-state index in [1.54, 1.807) is 29.5 Å². The monoisotopic (exact) mass is 439 g/mol. The molecule has 1 atom stereocenters. The second-order valence-corrected chi connectivity index (χ2v) is 8.72. The molecule has 0 spiro atoms. The third kappa shape index (κ3) is 4.68. The van der Waals surface area contributed by atoms with Gasteiger partial charge in [-0.15, -0.1) is 11.3 Å². The lowest BCUT2D eigenvalue weighted by atomic mass is 9.99. The molecule has 2 heterocycles. The lowest BCUT2D eigenvalue weighted by Gasteiger charge is -2.17. The molecule has 2 aromatic carbocycles. The molecule has 1 aliphatic heterocycles. The van der Waals surface area contributed by atoms with E-state index in [1.807, 2.05) is 13.0 Å². The fourth-order valence-electron chi connectivity index (χ4n) is 3.78. The van der Waals surface area contributed by atoms with Crippen LogP contribution in [0, 0.1) is 5.82 Å². The minimum absolute atomic E-state index is 0.180. The van der Waals surface area contributed by atoms with Gasteiger partial charge in [0.05, 0.1) is 30.4 Å². The van der Waals surface area contributed by atoms with Gasteiger partial charge in [0.15, 0.2) is 0 Å². The maximum atomic E-state index is 13.7. The number of nitrogens with one attached hydrogen (secondary N) is 1. The van der Waals surface area contributed by atoms with Gasteiger partial charge in [-0.3, -0.25) is 4.79 Å². The zero-order valence-electron chi connectivity index (χ0n) is 17.0. The first-order valence-corrected chi connectivity index (χ1v) is 10.8. The number of halogens is 1. The Morgan fingerprint density at radius 3 is 2.71 bits per heavy atom. The van der Waals surface area contributed by atoms with E-state index in [-0.39, 0.29) is 23.3 Å². The van der Waals surface area contributed by atoms with Crippen molar-refractivity contribution in [2.75, 3.05) is 6.61 Å². The maximum absolute atomic E-state index is 13.7. The molecule has 31 heavy (non-hydrogen) atoms. The number of rotatable bonds is 6. The van der Waals surface area contributed by atoms with Gasteiger partial charge >= 0.3 is 5.97 Å². The Bertz CT molecular complexity index is 1120. The molecule has 0 saturated heterocycles. The quantitative estimate of drug-likeness (QED) is 0.582. The standard InChI is InChI=1S/C24H22FNO4S/c1-14(16-5-7-17(8-6-16)24(28)29)26-23(27)22-19-9-10-30-13-21(19)31-20(22)12-15-3-2-4-18(25)11-15/h2-8,11,14H,9-10,12-13H2,1H3,(H,26,27)(H,28,29)/t14-/m0/s1. The summed E-state index contributed by atoms with van der Waals surface area (Å²) in [6.45, 7) is 2.91. The van der Waals surface area contributed by atoms with Crippen molar-refractivity contribution in [2.45, 2.75) is 32.4 Å². The number of hydrogen-bond donors (Lipinski definition) is 2. The van der Waals surface area contributed by atoms with Gasteiger partial charge in [-0.1, -0.05) is 24.3 Å². The van der Waals surface area contributed by atoms with E-state index < -0.39 is 5.97 Å². The molecule has 1 aromatic heterocycles. The summed E-state index contributed by atoms with van der Waals surface area (Å²) in [5.74, 6) is -1.47. The zero-order valence-corrected chi connectivity index (χ0v) is 17.8. The minimum atomic E-state index is -0.989. The van der Waals surface area contributed by atoms with Crippen LogP contribution >= 0.6 is 11.3 Å². The number of carboxylic acids is 1. The first kappa shape index (κ1) is 21.2. The largest absolute Gasteiger partial charge is 0.478 e. The van der Waals surface area contributed by atoms with Crippen LogP contribution in [0.3, 0.4) is 0 Å². The third-order valence-electron chi connectivity index (χ3n) is 5.38. The second kappa shape index (κ2) is 8.99. The molecule has 1 aliphatic rings. The van der Waals surface area contributed by atoms with E-state index in [1.165, 1.54) is 24.3 Å². The molecule has 7 heteroatoms. The van der Waals surface area contributed by atoms with E-state index in [4.69, 9.17) is 9.84 Å². The Balaban J connectivity index is 1.60. The van der Waals surface area contributed by atoms with Gasteiger partial charge in [0.25, 0.3) is 5.91 Å². The average molecular weight is 440 g/mol. The number of carbonyl (C=O) groups excluding carboxylic acids is 1. The number of aromatic carboxylic acids is 1. The van der Waals surface area contributed by atoms with Crippen LogP contribution in [0.1, 0.15) is 60.1 Å². The fraction of sp³-hybridized carbons (Fsp3) is 0.250. The summed E-state index contributed by atoms with van der Waals surface area (Å²) in [6.07, 6.45) is 1.14. The molecule has 0 saturated carbocycles. The lowest BCUT2D eigenvalue weighted by Crippen LogP contribution is -2.28. The van der Waals surface area contributed by atoms with Crippen molar-refractivity contribution in [2.24, 2.45) is 0 Å². The van der Waals surface area contributed by atoms with E-state index in [0.29, 0.717) is 31.6 Å². The predicted molar refractivity (Wildman–Crippen MR) is 116 cm³/mol. The number of hydrogen-bond acceptors (Lipinski definition) is 4. The first-order chi connectivity index (χ1) is 14.9. The van der Waals surface area contributed by atoms with Gasteiger partial charge < -0.3 is 15.2 Å². The van der Waals surface area contributed by atoms with Crippen molar-refractivity contribution < 1.29 is 23.8 Å². The maximum Gasteiger partial charge on any atom is 0.335 e. The van der Waals surface area contributed by atoms with Crippen molar-refractivity contribution in [1.29, 1.82) is 0 Å². The summed E-state index contributed by atoms with van der Waals surface area (Å²) in [5, 5.41) is 12.1. The van der Waals surface area contributed by atoms with Crippen molar-refractivity contribution in [3.05, 3.63) is 91.9 Å². The van der Waals surface area contributed by atoms with Gasteiger partial charge in [-0.05, 0) is 54.3 Å².